The maximum Gasteiger partial charge on any atom is 0.254 e. The van der Waals surface area contributed by atoms with Gasteiger partial charge in [-0.3, -0.25) is 4.79 Å². The minimum Gasteiger partial charge on any atom is -0.388 e. The summed E-state index contributed by atoms with van der Waals surface area (Å²) in [6, 6.07) is 10.9. The minimum absolute atomic E-state index is 0.0525. The lowest BCUT2D eigenvalue weighted by molar-refractivity contribution is 0.000339. The van der Waals surface area contributed by atoms with Crippen molar-refractivity contribution in [2.45, 2.75) is 45.3 Å². The molecule has 1 atom stereocenters. The molecule has 2 aromatic rings. The number of hydrogen-bond donors (Lipinski definition) is 2. The zero-order valence-corrected chi connectivity index (χ0v) is 14.9. The van der Waals surface area contributed by atoms with E-state index >= 15 is 0 Å². The molecule has 0 spiro atoms. The highest BCUT2D eigenvalue weighted by Gasteiger charge is 2.38. The van der Waals surface area contributed by atoms with E-state index in [4.69, 9.17) is 0 Å². The Morgan fingerprint density at radius 2 is 2.08 bits per heavy atom. The fourth-order valence-corrected chi connectivity index (χ4v) is 3.25. The molecule has 1 aromatic heterocycles. The van der Waals surface area contributed by atoms with Crippen LogP contribution in [0.5, 0.6) is 0 Å². The first-order valence-corrected chi connectivity index (χ1v) is 8.55. The predicted octanol–water partition coefficient (Wildman–Crippen LogP) is 2.90. The van der Waals surface area contributed by atoms with E-state index < -0.39 is 5.60 Å². The number of benzene rings is 1. The number of aryl methyl sites for hydroxylation is 1. The van der Waals surface area contributed by atoms with Crippen LogP contribution in [0.1, 0.15) is 42.7 Å². The lowest BCUT2D eigenvalue weighted by atomic mass is 9.96. The number of hydrogen-bond acceptors (Lipinski definition) is 5. The topological polar surface area (TPSA) is 78.4 Å². The van der Waals surface area contributed by atoms with Crippen LogP contribution in [0.4, 0.5) is 11.5 Å². The molecule has 0 aliphatic carbocycles. The quantitative estimate of drug-likeness (QED) is 0.895. The number of carbonyl (C=O) groups excluding carboxylic acids is 1. The standard InChI is InChI=1S/C19H24N4O2/c1-13-9-10-17(22-21-13)20-15-7-4-6-14(12-15)18(24)23-11-5-8-16(23)19(2,3)25/h4,6-7,9-10,12,16,25H,5,8,11H2,1-3H3,(H,20,22). The van der Waals surface area contributed by atoms with Gasteiger partial charge in [0.2, 0.25) is 0 Å². The van der Waals surface area contributed by atoms with Crippen LogP contribution in [0, 0.1) is 6.92 Å². The van der Waals surface area contributed by atoms with E-state index in [0.29, 0.717) is 17.9 Å². The SMILES string of the molecule is Cc1ccc(Nc2cccc(C(=O)N3CCCC3C(C)(C)O)c2)nn1. The summed E-state index contributed by atoms with van der Waals surface area (Å²) in [6.45, 7) is 6.08. The maximum atomic E-state index is 12.9. The second-order valence-corrected chi connectivity index (χ2v) is 7.08. The minimum atomic E-state index is -0.903. The normalized spacial score (nSPS) is 17.6. The van der Waals surface area contributed by atoms with Crippen molar-refractivity contribution >= 4 is 17.4 Å². The number of nitrogens with zero attached hydrogens (tertiary/aromatic N) is 3. The molecule has 3 rings (SSSR count). The van der Waals surface area contributed by atoms with Gasteiger partial charge in [-0.15, -0.1) is 5.10 Å². The summed E-state index contributed by atoms with van der Waals surface area (Å²) in [6.07, 6.45) is 1.74. The molecule has 6 heteroatoms. The van der Waals surface area contributed by atoms with Gasteiger partial charge in [-0.2, -0.15) is 5.10 Å². The third kappa shape index (κ3) is 3.96. The second kappa shape index (κ2) is 6.80. The molecule has 6 nitrogen and oxygen atoms in total. The van der Waals surface area contributed by atoms with Crippen molar-refractivity contribution in [1.29, 1.82) is 0 Å². The summed E-state index contributed by atoms with van der Waals surface area (Å²) < 4.78 is 0. The van der Waals surface area contributed by atoms with Crippen LogP contribution in [-0.2, 0) is 0 Å². The van der Waals surface area contributed by atoms with Crippen molar-refractivity contribution in [3.05, 3.63) is 47.7 Å². The molecule has 1 amide bonds. The van der Waals surface area contributed by atoms with Crippen LogP contribution in [0.25, 0.3) is 0 Å². The average Bonchev–Trinajstić information content (AvgIpc) is 3.06. The Labute approximate surface area is 147 Å². The van der Waals surface area contributed by atoms with E-state index in [1.165, 1.54) is 0 Å². The fraction of sp³-hybridized carbons (Fsp3) is 0.421. The van der Waals surface area contributed by atoms with Crippen LogP contribution in [0.3, 0.4) is 0 Å². The molecule has 1 unspecified atom stereocenters. The van der Waals surface area contributed by atoms with Gasteiger partial charge in [0, 0.05) is 17.8 Å². The Hall–Kier alpha value is -2.47. The van der Waals surface area contributed by atoms with Crippen molar-refractivity contribution in [3.63, 3.8) is 0 Å². The highest BCUT2D eigenvalue weighted by Crippen LogP contribution is 2.28. The Morgan fingerprint density at radius 3 is 2.76 bits per heavy atom. The molecule has 2 heterocycles. The van der Waals surface area contributed by atoms with Gasteiger partial charge in [0.15, 0.2) is 5.82 Å². The molecule has 0 bridgehead atoms. The van der Waals surface area contributed by atoms with E-state index in [2.05, 4.69) is 15.5 Å². The number of rotatable bonds is 4. The highest BCUT2D eigenvalue weighted by atomic mass is 16.3. The lowest BCUT2D eigenvalue weighted by Crippen LogP contribution is -2.48. The number of carbonyl (C=O) groups is 1. The molecule has 1 saturated heterocycles. The zero-order chi connectivity index (χ0) is 18.0. The second-order valence-electron chi connectivity index (χ2n) is 7.08. The summed E-state index contributed by atoms with van der Waals surface area (Å²) in [7, 11) is 0. The molecule has 132 valence electrons. The summed E-state index contributed by atoms with van der Waals surface area (Å²) in [5, 5.41) is 21.6. The molecule has 2 N–H and O–H groups in total. The van der Waals surface area contributed by atoms with E-state index in [-0.39, 0.29) is 11.9 Å². The van der Waals surface area contributed by atoms with Gasteiger partial charge in [-0.25, -0.2) is 0 Å². The van der Waals surface area contributed by atoms with Gasteiger partial charge in [0.1, 0.15) is 0 Å². The van der Waals surface area contributed by atoms with Crippen molar-refractivity contribution < 1.29 is 9.90 Å². The Morgan fingerprint density at radius 1 is 1.28 bits per heavy atom. The Bertz CT molecular complexity index is 753. The average molecular weight is 340 g/mol. The van der Waals surface area contributed by atoms with Crippen LogP contribution >= 0.6 is 0 Å². The van der Waals surface area contributed by atoms with E-state index in [0.717, 1.165) is 24.2 Å². The van der Waals surface area contributed by atoms with Crippen LogP contribution in [0.15, 0.2) is 36.4 Å². The van der Waals surface area contributed by atoms with Crippen LogP contribution in [-0.4, -0.2) is 44.3 Å². The number of nitrogens with one attached hydrogen (secondary N) is 1. The zero-order valence-electron chi connectivity index (χ0n) is 14.9. The van der Waals surface area contributed by atoms with Crippen molar-refractivity contribution in [2.75, 3.05) is 11.9 Å². The van der Waals surface area contributed by atoms with Gasteiger partial charge in [-0.05, 0) is 63.9 Å². The van der Waals surface area contributed by atoms with Crippen LogP contribution < -0.4 is 5.32 Å². The molecule has 1 aliphatic heterocycles. The molecule has 0 saturated carbocycles. The molecule has 1 aliphatic rings. The first-order chi connectivity index (χ1) is 11.8. The van der Waals surface area contributed by atoms with Gasteiger partial charge < -0.3 is 15.3 Å². The molecular formula is C19H24N4O2. The summed E-state index contributed by atoms with van der Waals surface area (Å²) in [4.78, 5) is 14.7. The summed E-state index contributed by atoms with van der Waals surface area (Å²) in [5.74, 6) is 0.578. The van der Waals surface area contributed by atoms with E-state index in [9.17, 15) is 9.90 Å². The lowest BCUT2D eigenvalue weighted by Gasteiger charge is -2.33. The highest BCUT2D eigenvalue weighted by molar-refractivity contribution is 5.95. The van der Waals surface area contributed by atoms with Gasteiger partial charge in [-0.1, -0.05) is 6.07 Å². The van der Waals surface area contributed by atoms with Crippen molar-refractivity contribution in [2.24, 2.45) is 0 Å². The van der Waals surface area contributed by atoms with Crippen LogP contribution in [0.2, 0.25) is 0 Å². The number of aliphatic hydroxyl groups is 1. The molecular weight excluding hydrogens is 316 g/mol. The largest absolute Gasteiger partial charge is 0.388 e. The predicted molar refractivity (Wildman–Crippen MR) is 96.9 cm³/mol. The summed E-state index contributed by atoms with van der Waals surface area (Å²) >= 11 is 0. The van der Waals surface area contributed by atoms with Gasteiger partial charge >= 0.3 is 0 Å². The molecule has 1 fully saturated rings. The molecule has 25 heavy (non-hydrogen) atoms. The van der Waals surface area contributed by atoms with Gasteiger partial charge in [0.05, 0.1) is 17.3 Å². The van der Waals surface area contributed by atoms with Crippen molar-refractivity contribution in [1.82, 2.24) is 15.1 Å². The van der Waals surface area contributed by atoms with E-state index in [1.54, 1.807) is 24.8 Å². The first-order valence-electron chi connectivity index (χ1n) is 8.55. The summed E-state index contributed by atoms with van der Waals surface area (Å²) in [5.41, 5.74) is 1.32. The maximum absolute atomic E-state index is 12.9. The van der Waals surface area contributed by atoms with E-state index in [1.807, 2.05) is 37.3 Å². The third-order valence-corrected chi connectivity index (χ3v) is 4.51. The molecule has 1 aromatic carbocycles. The third-order valence-electron chi connectivity index (χ3n) is 4.51. The Balaban J connectivity index is 1.79. The fourth-order valence-electron chi connectivity index (χ4n) is 3.25. The monoisotopic (exact) mass is 340 g/mol. The van der Waals surface area contributed by atoms with Gasteiger partial charge in [0.25, 0.3) is 5.91 Å². The smallest absolute Gasteiger partial charge is 0.254 e. The number of amides is 1. The number of likely N-dealkylation sites (tertiary alicyclic amines) is 1. The first kappa shape index (κ1) is 17.4. The van der Waals surface area contributed by atoms with Crippen molar-refractivity contribution in [3.8, 4) is 0 Å². The number of anilines is 2. The number of aromatic nitrogens is 2. The molecule has 0 radical (unpaired) electrons. The Kier molecular flexibility index (Phi) is 4.72.